The van der Waals surface area contributed by atoms with Gasteiger partial charge < -0.3 is 15.7 Å². The molecule has 0 aromatic carbocycles. The topological polar surface area (TPSA) is 95.5 Å². The van der Waals surface area contributed by atoms with E-state index in [4.69, 9.17) is 0 Å². The fourth-order valence-electron chi connectivity index (χ4n) is 4.28. The number of hydrogen-bond donors (Lipinski definition) is 3. The van der Waals surface area contributed by atoms with Crippen LogP contribution in [-0.2, 0) is 14.4 Å². The van der Waals surface area contributed by atoms with Gasteiger partial charge in [-0.1, -0.05) is 95.7 Å². The summed E-state index contributed by atoms with van der Waals surface area (Å²) in [5, 5.41) is 15.8. The second-order valence-corrected chi connectivity index (χ2v) is 13.3. The molecule has 0 bridgehead atoms. The lowest BCUT2D eigenvalue weighted by Gasteiger charge is -2.14. The third-order valence-electron chi connectivity index (χ3n) is 6.71. The van der Waals surface area contributed by atoms with Gasteiger partial charge in [0.25, 0.3) is 0 Å². The van der Waals surface area contributed by atoms with Crippen LogP contribution in [0.2, 0.25) is 0 Å². The van der Waals surface area contributed by atoms with Gasteiger partial charge >= 0.3 is 5.97 Å². The Morgan fingerprint density at radius 2 is 1.40 bits per heavy atom. The van der Waals surface area contributed by atoms with Gasteiger partial charge in [-0.05, 0) is 83.5 Å². The van der Waals surface area contributed by atoms with Gasteiger partial charge in [-0.25, -0.2) is 4.79 Å². The van der Waals surface area contributed by atoms with Crippen molar-refractivity contribution in [3.05, 3.63) is 60.8 Å². The SMILES string of the molecule is CC/C=C\C/C=C\C/C=C\C/C=C\C/C=C\CCCC(=O)N[C@@H](CCCCNC(=O)CCCC[C@@H]1CCSS1)C(=O)O. The minimum absolute atomic E-state index is 0.0686. The molecule has 1 rings (SSSR count). The zero-order valence-electron chi connectivity index (χ0n) is 25.6. The number of nitrogens with one attached hydrogen (secondary N) is 2. The number of carbonyl (C=O) groups is 3. The number of allylic oxidation sites excluding steroid dienone is 10. The maximum atomic E-state index is 12.2. The molecule has 8 heteroatoms. The van der Waals surface area contributed by atoms with E-state index in [9.17, 15) is 19.5 Å². The van der Waals surface area contributed by atoms with E-state index in [2.05, 4.69) is 78.3 Å². The van der Waals surface area contributed by atoms with E-state index >= 15 is 0 Å². The largest absolute Gasteiger partial charge is 0.480 e. The number of carboxylic acid groups (broad SMARTS) is 1. The zero-order chi connectivity index (χ0) is 30.5. The maximum absolute atomic E-state index is 12.2. The van der Waals surface area contributed by atoms with Gasteiger partial charge in [-0.15, -0.1) is 0 Å². The number of hydrogen-bond acceptors (Lipinski definition) is 5. The van der Waals surface area contributed by atoms with E-state index in [0.29, 0.717) is 45.1 Å². The maximum Gasteiger partial charge on any atom is 0.326 e. The van der Waals surface area contributed by atoms with E-state index < -0.39 is 12.0 Å². The third kappa shape index (κ3) is 23.4. The summed E-state index contributed by atoms with van der Waals surface area (Å²) in [4.78, 5) is 35.8. The predicted molar refractivity (Wildman–Crippen MR) is 182 cm³/mol. The summed E-state index contributed by atoms with van der Waals surface area (Å²) >= 11 is 0. The molecule has 0 saturated carbocycles. The van der Waals surface area contributed by atoms with E-state index in [1.54, 1.807) is 0 Å². The summed E-state index contributed by atoms with van der Waals surface area (Å²) in [6.07, 6.45) is 34.9. The smallest absolute Gasteiger partial charge is 0.326 e. The highest BCUT2D eigenvalue weighted by molar-refractivity contribution is 8.77. The Morgan fingerprint density at radius 1 is 0.786 bits per heavy atom. The number of carbonyl (C=O) groups excluding carboxylic acids is 2. The summed E-state index contributed by atoms with van der Waals surface area (Å²) in [6, 6.07) is -0.881. The molecule has 3 N–H and O–H groups in total. The molecule has 0 aromatic rings. The highest BCUT2D eigenvalue weighted by atomic mass is 33.1. The van der Waals surface area contributed by atoms with Crippen LogP contribution in [0.25, 0.3) is 0 Å². The molecule has 1 aliphatic rings. The molecule has 0 unspecified atom stereocenters. The highest BCUT2D eigenvalue weighted by Gasteiger charge is 2.19. The zero-order valence-corrected chi connectivity index (χ0v) is 27.3. The Morgan fingerprint density at radius 3 is 2.00 bits per heavy atom. The fraction of sp³-hybridized carbons (Fsp3) is 0.618. The average molecular weight is 619 g/mol. The van der Waals surface area contributed by atoms with Crippen LogP contribution in [0.15, 0.2) is 60.8 Å². The molecule has 0 radical (unpaired) electrons. The highest BCUT2D eigenvalue weighted by Crippen LogP contribution is 2.39. The molecule has 0 spiro atoms. The van der Waals surface area contributed by atoms with Crippen LogP contribution in [0.5, 0.6) is 0 Å². The van der Waals surface area contributed by atoms with Gasteiger partial charge in [-0.3, -0.25) is 9.59 Å². The van der Waals surface area contributed by atoms with Crippen LogP contribution in [0.4, 0.5) is 0 Å². The summed E-state index contributed by atoms with van der Waals surface area (Å²) in [5.41, 5.74) is 0. The number of aliphatic carboxylic acids is 1. The van der Waals surface area contributed by atoms with Crippen LogP contribution in [0.3, 0.4) is 0 Å². The first-order valence-electron chi connectivity index (χ1n) is 15.8. The van der Waals surface area contributed by atoms with E-state index in [0.717, 1.165) is 56.6 Å². The monoisotopic (exact) mass is 618 g/mol. The summed E-state index contributed by atoms with van der Waals surface area (Å²) in [7, 11) is 3.93. The van der Waals surface area contributed by atoms with E-state index in [-0.39, 0.29) is 11.8 Å². The van der Waals surface area contributed by atoms with Crippen molar-refractivity contribution in [3.63, 3.8) is 0 Å². The minimum Gasteiger partial charge on any atom is -0.480 e. The lowest BCUT2D eigenvalue weighted by molar-refractivity contribution is -0.142. The summed E-state index contributed by atoms with van der Waals surface area (Å²) in [6.45, 7) is 2.68. The van der Waals surface area contributed by atoms with Gasteiger partial charge in [0, 0.05) is 30.4 Å². The average Bonchev–Trinajstić information content (AvgIpc) is 3.49. The molecule has 0 aliphatic carbocycles. The van der Waals surface area contributed by atoms with Crippen molar-refractivity contribution < 1.29 is 19.5 Å². The van der Waals surface area contributed by atoms with Crippen molar-refractivity contribution in [1.29, 1.82) is 0 Å². The number of carboxylic acids is 1. The molecular formula is C34H54N2O4S2. The van der Waals surface area contributed by atoms with Crippen molar-refractivity contribution in [3.8, 4) is 0 Å². The molecule has 0 aromatic heterocycles. The first-order chi connectivity index (χ1) is 20.5. The standard InChI is InChI=1S/C34H54N2O4S2/c1-2-3-4-5-6-7-8-9-10-11-12-13-14-15-16-17-18-26-33(38)36-31(34(39)40)24-21-22-28-35-32(37)25-20-19-23-30-27-29-41-42-30/h3-4,6-7,9-10,12-13,15-16,30-31H,2,5,8,11,14,17-29H2,1H3,(H,35,37)(H,36,38)(H,39,40)/b4-3-,7-6-,10-9-,13-12-,16-15-/t30-,31+/m1/s1. The lowest BCUT2D eigenvalue weighted by atomic mass is 10.1. The first kappa shape index (κ1) is 37.8. The molecule has 1 fully saturated rings. The van der Waals surface area contributed by atoms with Crippen LogP contribution in [0, 0.1) is 0 Å². The Balaban J connectivity index is 2.03. The normalized spacial score (nSPS) is 16.5. The van der Waals surface area contributed by atoms with Gasteiger partial charge in [0.2, 0.25) is 11.8 Å². The number of amides is 2. The molecule has 2 amide bonds. The van der Waals surface area contributed by atoms with Crippen LogP contribution in [0.1, 0.15) is 110 Å². The Labute approximate surface area is 262 Å². The number of rotatable bonds is 25. The molecule has 1 saturated heterocycles. The van der Waals surface area contributed by atoms with Gasteiger partial charge in [0.1, 0.15) is 6.04 Å². The molecule has 42 heavy (non-hydrogen) atoms. The van der Waals surface area contributed by atoms with Crippen molar-refractivity contribution in [1.82, 2.24) is 10.6 Å². The van der Waals surface area contributed by atoms with Crippen molar-refractivity contribution in [2.75, 3.05) is 12.3 Å². The van der Waals surface area contributed by atoms with Crippen LogP contribution < -0.4 is 10.6 Å². The second-order valence-electron chi connectivity index (χ2n) is 10.5. The number of unbranched alkanes of at least 4 members (excludes halogenated alkanes) is 3. The van der Waals surface area contributed by atoms with Crippen LogP contribution in [-0.4, -0.2) is 46.5 Å². The quantitative estimate of drug-likeness (QED) is 0.0540. The lowest BCUT2D eigenvalue weighted by Crippen LogP contribution is -2.40. The molecule has 1 heterocycles. The van der Waals surface area contributed by atoms with Gasteiger partial charge in [0.15, 0.2) is 0 Å². The predicted octanol–water partition coefficient (Wildman–Crippen LogP) is 8.48. The molecule has 1 aliphatic heterocycles. The second kappa shape index (κ2) is 27.6. The van der Waals surface area contributed by atoms with Crippen molar-refractivity contribution in [2.45, 2.75) is 121 Å². The third-order valence-corrected chi connectivity index (χ3v) is 9.72. The Bertz CT molecular complexity index is 877. The van der Waals surface area contributed by atoms with E-state index in [1.807, 2.05) is 21.6 Å². The fourth-order valence-corrected chi connectivity index (χ4v) is 7.31. The Kier molecular flexibility index (Phi) is 24.9. The molecule has 2 atom stereocenters. The van der Waals surface area contributed by atoms with Crippen molar-refractivity contribution in [2.24, 2.45) is 0 Å². The van der Waals surface area contributed by atoms with Crippen LogP contribution >= 0.6 is 21.6 Å². The molecule has 236 valence electrons. The molecular weight excluding hydrogens is 565 g/mol. The van der Waals surface area contributed by atoms with Crippen molar-refractivity contribution >= 4 is 39.4 Å². The minimum atomic E-state index is -1.01. The van der Waals surface area contributed by atoms with E-state index in [1.165, 1.54) is 18.6 Å². The summed E-state index contributed by atoms with van der Waals surface area (Å²) in [5.74, 6) is 0.0781. The van der Waals surface area contributed by atoms with Gasteiger partial charge in [0.05, 0.1) is 0 Å². The molecule has 6 nitrogen and oxygen atoms in total. The Hall–Kier alpha value is -2.19. The van der Waals surface area contributed by atoms with Gasteiger partial charge in [-0.2, -0.15) is 0 Å². The first-order valence-corrected chi connectivity index (χ1v) is 18.2. The summed E-state index contributed by atoms with van der Waals surface area (Å²) < 4.78 is 0.